The first-order chi connectivity index (χ1) is 9.15. The Morgan fingerprint density at radius 1 is 1.37 bits per heavy atom. The van der Waals surface area contributed by atoms with Gasteiger partial charge in [-0.25, -0.2) is 0 Å². The third kappa shape index (κ3) is 2.98. The van der Waals surface area contributed by atoms with Crippen LogP contribution in [-0.2, 0) is 9.57 Å². The summed E-state index contributed by atoms with van der Waals surface area (Å²) < 4.78 is 10.5. The lowest BCUT2D eigenvalue weighted by Crippen LogP contribution is -2.35. The van der Waals surface area contributed by atoms with E-state index in [1.54, 1.807) is 14.0 Å². The molecule has 1 aliphatic heterocycles. The summed E-state index contributed by atoms with van der Waals surface area (Å²) in [6, 6.07) is 7.72. The van der Waals surface area contributed by atoms with Crippen molar-refractivity contribution in [3.05, 3.63) is 35.0 Å². The average molecular weight is 265 g/mol. The van der Waals surface area contributed by atoms with Crippen molar-refractivity contribution in [3.63, 3.8) is 0 Å². The molecule has 2 atom stereocenters. The summed E-state index contributed by atoms with van der Waals surface area (Å²) in [6.45, 7) is 4.18. The SMILES string of the molecule is CCOC1CC(c2ccc(OC)cc2)C(C)=[N+]([O-])O1. The lowest BCUT2D eigenvalue weighted by atomic mass is 9.91. The van der Waals surface area contributed by atoms with Crippen LogP contribution in [-0.4, -0.2) is 30.6 Å². The molecule has 1 aromatic carbocycles. The molecule has 0 N–H and O–H groups in total. The second kappa shape index (κ2) is 5.93. The first kappa shape index (κ1) is 13.7. The largest absolute Gasteiger partial charge is 0.497 e. The molecule has 5 heteroatoms. The van der Waals surface area contributed by atoms with Crippen molar-refractivity contribution in [2.24, 2.45) is 0 Å². The van der Waals surface area contributed by atoms with Crippen molar-refractivity contribution >= 4 is 5.71 Å². The molecule has 1 heterocycles. The third-order valence-corrected chi connectivity index (χ3v) is 3.30. The topological polar surface area (TPSA) is 53.8 Å². The van der Waals surface area contributed by atoms with Crippen LogP contribution in [0.25, 0.3) is 0 Å². The van der Waals surface area contributed by atoms with Gasteiger partial charge in [0.2, 0.25) is 5.71 Å². The molecular formula is C14H19NO4. The summed E-state index contributed by atoms with van der Waals surface area (Å²) in [6.07, 6.45) is 0.156. The summed E-state index contributed by atoms with van der Waals surface area (Å²) in [7, 11) is 1.63. The van der Waals surface area contributed by atoms with Gasteiger partial charge in [0.1, 0.15) is 5.75 Å². The fourth-order valence-corrected chi connectivity index (χ4v) is 2.22. The molecule has 0 amide bonds. The van der Waals surface area contributed by atoms with Gasteiger partial charge in [0.05, 0.1) is 13.0 Å². The molecule has 1 aromatic rings. The highest BCUT2D eigenvalue weighted by molar-refractivity contribution is 5.84. The summed E-state index contributed by atoms with van der Waals surface area (Å²) in [4.78, 5) is 5.70. The van der Waals surface area contributed by atoms with Crippen molar-refractivity contribution in [2.75, 3.05) is 13.7 Å². The molecule has 0 spiro atoms. The third-order valence-electron chi connectivity index (χ3n) is 3.30. The van der Waals surface area contributed by atoms with Gasteiger partial charge in [-0.15, -0.1) is 0 Å². The molecular weight excluding hydrogens is 246 g/mol. The quantitative estimate of drug-likeness (QED) is 0.785. The summed E-state index contributed by atoms with van der Waals surface area (Å²) in [5.41, 5.74) is 1.70. The fraction of sp³-hybridized carbons (Fsp3) is 0.500. The van der Waals surface area contributed by atoms with Crippen LogP contribution in [0.15, 0.2) is 24.3 Å². The second-order valence-corrected chi connectivity index (χ2v) is 4.45. The summed E-state index contributed by atoms with van der Waals surface area (Å²) >= 11 is 0. The van der Waals surface area contributed by atoms with Gasteiger partial charge in [0.15, 0.2) is 6.29 Å². The van der Waals surface area contributed by atoms with Crippen molar-refractivity contribution in [1.82, 2.24) is 0 Å². The smallest absolute Gasteiger partial charge is 0.226 e. The van der Waals surface area contributed by atoms with E-state index in [0.29, 0.717) is 23.6 Å². The minimum Gasteiger partial charge on any atom is -0.497 e. The highest BCUT2D eigenvalue weighted by Crippen LogP contribution is 2.29. The van der Waals surface area contributed by atoms with Crippen molar-refractivity contribution in [1.29, 1.82) is 0 Å². The Bertz CT molecular complexity index is 455. The zero-order chi connectivity index (χ0) is 13.8. The van der Waals surface area contributed by atoms with Gasteiger partial charge in [-0.1, -0.05) is 12.1 Å². The van der Waals surface area contributed by atoms with Crippen molar-refractivity contribution < 1.29 is 19.2 Å². The zero-order valence-corrected chi connectivity index (χ0v) is 11.5. The van der Waals surface area contributed by atoms with Crippen molar-refractivity contribution in [3.8, 4) is 5.75 Å². The lowest BCUT2D eigenvalue weighted by molar-refractivity contribution is -0.772. The molecule has 0 aliphatic carbocycles. The Morgan fingerprint density at radius 3 is 2.63 bits per heavy atom. The second-order valence-electron chi connectivity index (χ2n) is 4.45. The van der Waals surface area contributed by atoms with E-state index in [4.69, 9.17) is 14.3 Å². The maximum absolute atomic E-state index is 11.7. The molecule has 0 radical (unpaired) electrons. The highest BCUT2D eigenvalue weighted by Gasteiger charge is 2.32. The van der Waals surface area contributed by atoms with Crippen LogP contribution < -0.4 is 4.74 Å². The molecule has 0 aromatic heterocycles. The van der Waals surface area contributed by atoms with Crippen molar-refractivity contribution in [2.45, 2.75) is 32.5 Å². The molecule has 2 rings (SSSR count). The highest BCUT2D eigenvalue weighted by atomic mass is 16.9. The molecule has 0 bridgehead atoms. The van der Waals surface area contributed by atoms with E-state index in [1.165, 1.54) is 0 Å². The van der Waals surface area contributed by atoms with E-state index in [2.05, 4.69) is 0 Å². The number of ether oxygens (including phenoxy) is 2. The maximum Gasteiger partial charge on any atom is 0.226 e. The lowest BCUT2D eigenvalue weighted by Gasteiger charge is -2.29. The van der Waals surface area contributed by atoms with Gasteiger partial charge >= 0.3 is 0 Å². The van der Waals surface area contributed by atoms with Gasteiger partial charge in [0.25, 0.3) is 0 Å². The molecule has 19 heavy (non-hydrogen) atoms. The van der Waals surface area contributed by atoms with Crippen LogP contribution >= 0.6 is 0 Å². The minimum atomic E-state index is -0.488. The van der Waals surface area contributed by atoms with Crippen LogP contribution in [0, 0.1) is 5.21 Å². The predicted molar refractivity (Wildman–Crippen MR) is 71.2 cm³/mol. The Balaban J connectivity index is 2.23. The number of methoxy groups -OCH3 is 1. The van der Waals surface area contributed by atoms with Crippen LogP contribution in [0.5, 0.6) is 5.75 Å². The molecule has 0 saturated heterocycles. The van der Waals surface area contributed by atoms with Gasteiger partial charge in [0, 0.05) is 24.9 Å². The van der Waals surface area contributed by atoms with Gasteiger partial charge in [-0.2, -0.15) is 0 Å². The van der Waals surface area contributed by atoms with E-state index in [9.17, 15) is 5.21 Å². The van der Waals surface area contributed by atoms with Gasteiger partial charge < -0.3 is 14.3 Å². The molecule has 0 saturated carbocycles. The number of benzene rings is 1. The number of rotatable bonds is 4. The van der Waals surface area contributed by atoms with Gasteiger partial charge in [-0.05, 0) is 24.6 Å². The predicted octanol–water partition coefficient (Wildman–Crippen LogP) is 2.45. The van der Waals surface area contributed by atoms with E-state index in [-0.39, 0.29) is 5.92 Å². The average Bonchev–Trinajstić information content (AvgIpc) is 2.43. The summed E-state index contributed by atoms with van der Waals surface area (Å²) in [5.74, 6) is 0.808. The van der Waals surface area contributed by atoms with E-state index in [1.807, 2.05) is 31.2 Å². The first-order valence-corrected chi connectivity index (χ1v) is 6.38. The Morgan fingerprint density at radius 2 is 2.05 bits per heavy atom. The molecule has 104 valence electrons. The Hall–Kier alpha value is -1.75. The monoisotopic (exact) mass is 265 g/mol. The Labute approximate surface area is 112 Å². The standard InChI is InChI=1S/C14H19NO4/c1-4-18-14-9-13(10(2)15(16)19-14)11-5-7-12(17-3)8-6-11/h5-8,13-14H,4,9H2,1-3H3. The normalized spacial score (nSPS) is 23.1. The fourth-order valence-electron chi connectivity index (χ4n) is 2.22. The van der Waals surface area contributed by atoms with E-state index in [0.717, 1.165) is 11.3 Å². The number of hydrogen-bond acceptors (Lipinski definition) is 4. The molecule has 1 aliphatic rings. The first-order valence-electron chi connectivity index (χ1n) is 6.38. The van der Waals surface area contributed by atoms with E-state index >= 15 is 0 Å². The van der Waals surface area contributed by atoms with Crippen LogP contribution in [0.3, 0.4) is 0 Å². The Kier molecular flexibility index (Phi) is 4.27. The van der Waals surface area contributed by atoms with E-state index < -0.39 is 6.29 Å². The molecule has 0 fully saturated rings. The zero-order valence-electron chi connectivity index (χ0n) is 11.5. The van der Waals surface area contributed by atoms with Crippen LogP contribution in [0.1, 0.15) is 31.7 Å². The molecule has 2 unspecified atom stereocenters. The minimum absolute atomic E-state index is 0.00806. The summed E-state index contributed by atoms with van der Waals surface area (Å²) in [5, 5.41) is 11.7. The number of hydrogen-bond donors (Lipinski definition) is 0. The van der Waals surface area contributed by atoms with Crippen LogP contribution in [0.2, 0.25) is 0 Å². The van der Waals surface area contributed by atoms with Crippen LogP contribution in [0.4, 0.5) is 0 Å². The van der Waals surface area contributed by atoms with Gasteiger partial charge in [-0.3, -0.25) is 5.21 Å². The maximum atomic E-state index is 11.7. The molecule has 5 nitrogen and oxygen atoms in total. The number of nitrogens with zero attached hydrogens (tertiary/aromatic N) is 1.